The van der Waals surface area contributed by atoms with E-state index in [1.54, 1.807) is 26.6 Å². The Labute approximate surface area is 199 Å². The quantitative estimate of drug-likeness (QED) is 0.432. The maximum absolute atomic E-state index is 12.7. The number of halogens is 1. The third kappa shape index (κ3) is 5.01. The first kappa shape index (κ1) is 23.6. The molecule has 3 aromatic rings. The molecule has 1 aliphatic rings. The zero-order valence-corrected chi connectivity index (χ0v) is 21.2. The van der Waals surface area contributed by atoms with Crippen molar-refractivity contribution in [2.75, 3.05) is 45.2 Å². The van der Waals surface area contributed by atoms with Gasteiger partial charge in [-0.1, -0.05) is 23.7 Å². The topological polar surface area (TPSA) is 79.4 Å². The molecular formula is C24H29ClN5O2P. The van der Waals surface area contributed by atoms with Gasteiger partial charge in [-0.25, -0.2) is 4.98 Å². The highest BCUT2D eigenvalue weighted by molar-refractivity contribution is 7.70. The summed E-state index contributed by atoms with van der Waals surface area (Å²) < 4.78 is 18.4. The first-order chi connectivity index (χ1) is 15.7. The van der Waals surface area contributed by atoms with Gasteiger partial charge in [0.2, 0.25) is 5.95 Å². The molecule has 0 radical (unpaired) electrons. The number of fused-ring (bicyclic) bond motifs is 1. The summed E-state index contributed by atoms with van der Waals surface area (Å²) in [5, 5.41) is 7.63. The fourth-order valence-corrected chi connectivity index (χ4v) is 5.52. The van der Waals surface area contributed by atoms with Gasteiger partial charge in [-0.15, -0.1) is 0 Å². The number of hydrogen-bond donors (Lipinski definition) is 2. The fraction of sp³-hybridized carbons (Fsp3) is 0.333. The Kier molecular flexibility index (Phi) is 6.66. The molecule has 0 saturated heterocycles. The summed E-state index contributed by atoms with van der Waals surface area (Å²) in [4.78, 5) is 11.2. The third-order valence-electron chi connectivity index (χ3n) is 5.86. The Hall–Kier alpha value is -2.60. The molecular weight excluding hydrogens is 457 g/mol. The lowest BCUT2D eigenvalue weighted by Crippen LogP contribution is -2.17. The number of methoxy groups -OCH3 is 1. The number of nitrogens with zero attached hydrogens (tertiary/aromatic N) is 3. The molecule has 0 aliphatic heterocycles. The monoisotopic (exact) mass is 485 g/mol. The smallest absolute Gasteiger partial charge is 0.229 e. The van der Waals surface area contributed by atoms with Gasteiger partial charge in [-0.3, -0.25) is 0 Å². The van der Waals surface area contributed by atoms with E-state index in [2.05, 4.69) is 51.7 Å². The van der Waals surface area contributed by atoms with Crippen molar-refractivity contribution in [2.24, 2.45) is 0 Å². The van der Waals surface area contributed by atoms with Crippen molar-refractivity contribution >= 4 is 47.2 Å². The fourth-order valence-electron chi connectivity index (χ4n) is 4.23. The van der Waals surface area contributed by atoms with E-state index >= 15 is 0 Å². The van der Waals surface area contributed by atoms with Crippen LogP contribution in [0.4, 0.5) is 23.1 Å². The Morgan fingerprint density at radius 2 is 1.91 bits per heavy atom. The average molecular weight is 486 g/mol. The van der Waals surface area contributed by atoms with E-state index in [9.17, 15) is 4.57 Å². The maximum atomic E-state index is 12.7. The van der Waals surface area contributed by atoms with Gasteiger partial charge < -0.3 is 24.8 Å². The van der Waals surface area contributed by atoms with Crippen molar-refractivity contribution in [3.8, 4) is 5.75 Å². The van der Waals surface area contributed by atoms with Crippen molar-refractivity contribution < 1.29 is 9.30 Å². The molecule has 4 rings (SSSR count). The summed E-state index contributed by atoms with van der Waals surface area (Å²) >= 11 is 6.39. The SMILES string of the molecule is COc1cc2c(cc1Nc1ncc(Cl)c(Nc3ccccc3P(C)(C)=O)n1)[C@H](N(C)C)CC2. The molecule has 2 aromatic carbocycles. The molecule has 2 N–H and O–H groups in total. The summed E-state index contributed by atoms with van der Waals surface area (Å²) in [6.45, 7) is 3.48. The largest absolute Gasteiger partial charge is 0.495 e. The maximum Gasteiger partial charge on any atom is 0.229 e. The van der Waals surface area contributed by atoms with E-state index in [0.717, 1.165) is 29.6 Å². The predicted octanol–water partition coefficient (Wildman–Crippen LogP) is 5.42. The van der Waals surface area contributed by atoms with Crippen LogP contribution >= 0.6 is 18.7 Å². The van der Waals surface area contributed by atoms with Gasteiger partial charge in [0.15, 0.2) is 5.82 Å². The molecule has 0 amide bonds. The minimum atomic E-state index is -2.49. The van der Waals surface area contributed by atoms with Crippen molar-refractivity contribution in [3.05, 3.63) is 58.7 Å². The van der Waals surface area contributed by atoms with Crippen molar-refractivity contribution in [3.63, 3.8) is 0 Å². The van der Waals surface area contributed by atoms with E-state index in [0.29, 0.717) is 28.5 Å². The van der Waals surface area contributed by atoms with Crippen molar-refractivity contribution in [2.45, 2.75) is 18.9 Å². The standard InChI is InChI=1S/C24H29ClN5O2P/c1-30(2)20-11-10-15-12-21(32-3)19(13-16(15)20)28-24-26-14-17(25)23(29-24)27-18-8-6-7-9-22(18)33(4,5)31/h6-9,12-14,20H,10-11H2,1-5H3,(H2,26,27,28,29)/t20-/m1/s1. The number of para-hydroxylation sites is 1. The van der Waals surface area contributed by atoms with E-state index in [-0.39, 0.29) is 0 Å². The van der Waals surface area contributed by atoms with Crippen LogP contribution < -0.4 is 20.7 Å². The highest BCUT2D eigenvalue weighted by Gasteiger charge is 2.26. The van der Waals surface area contributed by atoms with Crippen LogP contribution in [-0.4, -0.2) is 49.4 Å². The molecule has 0 unspecified atom stereocenters. The van der Waals surface area contributed by atoms with E-state index < -0.39 is 7.14 Å². The molecule has 1 aliphatic carbocycles. The highest BCUT2D eigenvalue weighted by Crippen LogP contribution is 2.41. The number of rotatable bonds is 7. The zero-order chi connectivity index (χ0) is 23.8. The van der Waals surface area contributed by atoms with E-state index in [4.69, 9.17) is 16.3 Å². The molecule has 174 valence electrons. The number of anilines is 4. The number of ether oxygens (including phenoxy) is 1. The second-order valence-electron chi connectivity index (χ2n) is 8.78. The number of benzene rings is 2. The Morgan fingerprint density at radius 3 is 2.61 bits per heavy atom. The van der Waals surface area contributed by atoms with Crippen LogP contribution in [0.25, 0.3) is 0 Å². The first-order valence-electron chi connectivity index (χ1n) is 10.8. The van der Waals surface area contributed by atoms with Gasteiger partial charge in [0, 0.05) is 11.3 Å². The lowest BCUT2D eigenvalue weighted by Gasteiger charge is -2.21. The van der Waals surface area contributed by atoms with Gasteiger partial charge in [-0.2, -0.15) is 4.98 Å². The van der Waals surface area contributed by atoms with Crippen LogP contribution in [0.1, 0.15) is 23.6 Å². The van der Waals surface area contributed by atoms with Crippen LogP contribution in [0.2, 0.25) is 5.02 Å². The number of nitrogens with one attached hydrogen (secondary N) is 2. The van der Waals surface area contributed by atoms with E-state index in [1.807, 2.05) is 24.3 Å². The predicted molar refractivity (Wildman–Crippen MR) is 137 cm³/mol. The van der Waals surface area contributed by atoms with Gasteiger partial charge >= 0.3 is 0 Å². The summed E-state index contributed by atoms with van der Waals surface area (Å²) in [5.41, 5.74) is 4.09. The molecule has 1 heterocycles. The van der Waals surface area contributed by atoms with Crippen LogP contribution in [0.3, 0.4) is 0 Å². The Morgan fingerprint density at radius 1 is 1.15 bits per heavy atom. The lowest BCUT2D eigenvalue weighted by molar-refractivity contribution is 0.299. The molecule has 1 aromatic heterocycles. The van der Waals surface area contributed by atoms with Gasteiger partial charge in [0.25, 0.3) is 0 Å². The van der Waals surface area contributed by atoms with Gasteiger partial charge in [-0.05, 0) is 75.7 Å². The average Bonchev–Trinajstić information content (AvgIpc) is 3.18. The Balaban J connectivity index is 1.66. The van der Waals surface area contributed by atoms with Crippen molar-refractivity contribution in [1.29, 1.82) is 0 Å². The number of aromatic nitrogens is 2. The molecule has 0 fully saturated rings. The summed E-state index contributed by atoms with van der Waals surface area (Å²) in [5.74, 6) is 1.55. The summed E-state index contributed by atoms with van der Waals surface area (Å²) in [6, 6.07) is 12.1. The number of aryl methyl sites for hydroxylation is 1. The molecule has 1 atom stereocenters. The second-order valence-corrected chi connectivity index (χ2v) is 12.4. The molecule has 7 nitrogen and oxygen atoms in total. The molecule has 0 saturated carbocycles. The van der Waals surface area contributed by atoms with Crippen LogP contribution in [0.15, 0.2) is 42.6 Å². The lowest BCUT2D eigenvalue weighted by atomic mass is 10.1. The molecule has 33 heavy (non-hydrogen) atoms. The minimum Gasteiger partial charge on any atom is -0.495 e. The normalized spacial score (nSPS) is 15.4. The van der Waals surface area contributed by atoms with Crippen LogP contribution in [-0.2, 0) is 11.0 Å². The Bertz CT molecular complexity index is 1230. The van der Waals surface area contributed by atoms with Crippen LogP contribution in [0, 0.1) is 0 Å². The number of hydrogen-bond acceptors (Lipinski definition) is 7. The minimum absolute atomic E-state index is 0.366. The van der Waals surface area contributed by atoms with Crippen molar-refractivity contribution in [1.82, 2.24) is 14.9 Å². The first-order valence-corrected chi connectivity index (χ1v) is 13.7. The highest BCUT2D eigenvalue weighted by atomic mass is 35.5. The van der Waals surface area contributed by atoms with Crippen LogP contribution in [0.5, 0.6) is 5.75 Å². The van der Waals surface area contributed by atoms with E-state index in [1.165, 1.54) is 11.1 Å². The van der Waals surface area contributed by atoms with Gasteiger partial charge in [0.05, 0.1) is 24.7 Å². The summed E-state index contributed by atoms with van der Waals surface area (Å²) in [6.07, 6.45) is 3.65. The molecule has 0 spiro atoms. The van der Waals surface area contributed by atoms with Gasteiger partial charge in [0.1, 0.15) is 17.9 Å². The zero-order valence-electron chi connectivity index (χ0n) is 19.5. The summed E-state index contributed by atoms with van der Waals surface area (Å²) in [7, 11) is 3.36. The third-order valence-corrected chi connectivity index (χ3v) is 7.69. The molecule has 0 bridgehead atoms. The molecule has 9 heteroatoms. The second kappa shape index (κ2) is 9.34.